The summed E-state index contributed by atoms with van der Waals surface area (Å²) in [7, 11) is 0. The summed E-state index contributed by atoms with van der Waals surface area (Å²) in [5.41, 5.74) is 2.34. The van der Waals surface area contributed by atoms with Crippen molar-refractivity contribution < 1.29 is 14.3 Å². The van der Waals surface area contributed by atoms with Gasteiger partial charge in [-0.05, 0) is 30.7 Å². The second kappa shape index (κ2) is 9.05. The second-order valence-electron chi connectivity index (χ2n) is 6.86. The zero-order chi connectivity index (χ0) is 20.1. The smallest absolute Gasteiger partial charge is 0.235 e. The van der Waals surface area contributed by atoms with Crippen LogP contribution in [0.3, 0.4) is 0 Å². The number of thioether (sulfide) groups is 1. The maximum atomic E-state index is 12.5. The summed E-state index contributed by atoms with van der Waals surface area (Å²) in [5, 5.41) is 7.29. The normalized spacial score (nSPS) is 13.0. The van der Waals surface area contributed by atoms with Crippen LogP contribution in [0, 0.1) is 6.92 Å². The van der Waals surface area contributed by atoms with Crippen LogP contribution in [0.2, 0.25) is 0 Å². The molecule has 0 spiro atoms. The largest absolute Gasteiger partial charge is 0.490 e. The van der Waals surface area contributed by atoms with Crippen LogP contribution in [-0.4, -0.2) is 34.7 Å². The van der Waals surface area contributed by atoms with E-state index in [1.165, 1.54) is 17.3 Å². The van der Waals surface area contributed by atoms with Gasteiger partial charge in [-0.15, -0.1) is 11.8 Å². The minimum absolute atomic E-state index is 0.0758. The molecule has 0 radical (unpaired) electrons. The van der Waals surface area contributed by atoms with Crippen LogP contribution in [0.15, 0.2) is 59.6 Å². The van der Waals surface area contributed by atoms with Crippen LogP contribution in [0.1, 0.15) is 17.5 Å². The van der Waals surface area contributed by atoms with Crippen molar-refractivity contribution >= 4 is 23.5 Å². The number of hydrogen-bond acceptors (Lipinski definition) is 5. The van der Waals surface area contributed by atoms with Crippen molar-refractivity contribution in [1.29, 1.82) is 0 Å². The van der Waals surface area contributed by atoms with Crippen LogP contribution >= 0.6 is 11.8 Å². The SMILES string of the molecule is Cc1cccc(Cn2nccc2NC(=O)CSc2ccc3c(c2)OCCCO3)c1. The minimum atomic E-state index is -0.0758. The lowest BCUT2D eigenvalue weighted by Gasteiger charge is -2.11. The van der Waals surface area contributed by atoms with Gasteiger partial charge in [0.15, 0.2) is 11.5 Å². The average Bonchev–Trinajstić information content (AvgIpc) is 2.99. The number of carbonyl (C=O) groups is 1. The van der Waals surface area contributed by atoms with Gasteiger partial charge < -0.3 is 14.8 Å². The summed E-state index contributed by atoms with van der Waals surface area (Å²) in [4.78, 5) is 13.4. The van der Waals surface area contributed by atoms with Crippen LogP contribution in [-0.2, 0) is 11.3 Å². The lowest BCUT2D eigenvalue weighted by atomic mass is 10.1. The van der Waals surface area contributed by atoms with E-state index in [2.05, 4.69) is 35.5 Å². The summed E-state index contributed by atoms with van der Waals surface area (Å²) < 4.78 is 13.2. The van der Waals surface area contributed by atoms with Crippen molar-refractivity contribution in [1.82, 2.24) is 9.78 Å². The van der Waals surface area contributed by atoms with Crippen LogP contribution in [0.4, 0.5) is 5.82 Å². The highest BCUT2D eigenvalue weighted by atomic mass is 32.2. The summed E-state index contributed by atoms with van der Waals surface area (Å²) in [5.74, 6) is 2.42. The van der Waals surface area contributed by atoms with E-state index in [1.807, 2.05) is 30.3 Å². The Bertz CT molecular complexity index is 1000. The molecule has 1 aliphatic heterocycles. The summed E-state index contributed by atoms with van der Waals surface area (Å²) in [6.45, 7) is 3.98. The van der Waals surface area contributed by atoms with Crippen LogP contribution < -0.4 is 14.8 Å². The highest BCUT2D eigenvalue weighted by molar-refractivity contribution is 8.00. The van der Waals surface area contributed by atoms with Gasteiger partial charge in [0.1, 0.15) is 5.82 Å². The number of nitrogens with one attached hydrogen (secondary N) is 1. The number of carbonyl (C=O) groups excluding carboxylic acids is 1. The molecule has 0 saturated carbocycles. The first-order chi connectivity index (χ1) is 14.2. The molecule has 150 valence electrons. The zero-order valence-electron chi connectivity index (χ0n) is 16.3. The first-order valence-corrected chi connectivity index (χ1v) is 10.6. The van der Waals surface area contributed by atoms with Gasteiger partial charge in [-0.25, -0.2) is 4.68 Å². The molecular formula is C22H23N3O3S. The number of rotatable bonds is 6. The Balaban J connectivity index is 1.35. The van der Waals surface area contributed by atoms with Gasteiger partial charge in [0.25, 0.3) is 0 Å². The van der Waals surface area contributed by atoms with E-state index in [4.69, 9.17) is 9.47 Å². The predicted molar refractivity (Wildman–Crippen MR) is 114 cm³/mol. The predicted octanol–water partition coefficient (Wildman–Crippen LogP) is 4.13. The van der Waals surface area contributed by atoms with E-state index in [0.717, 1.165) is 28.4 Å². The quantitative estimate of drug-likeness (QED) is 0.620. The fourth-order valence-electron chi connectivity index (χ4n) is 3.11. The third kappa shape index (κ3) is 5.12. The van der Waals surface area contributed by atoms with E-state index >= 15 is 0 Å². The van der Waals surface area contributed by atoms with Crippen molar-refractivity contribution in [2.24, 2.45) is 0 Å². The molecule has 4 rings (SSSR count). The van der Waals surface area contributed by atoms with E-state index in [1.54, 1.807) is 10.9 Å². The Labute approximate surface area is 174 Å². The highest BCUT2D eigenvalue weighted by Gasteiger charge is 2.13. The molecule has 1 N–H and O–H groups in total. The van der Waals surface area contributed by atoms with Gasteiger partial charge in [-0.2, -0.15) is 5.10 Å². The van der Waals surface area contributed by atoms with Gasteiger partial charge in [0.2, 0.25) is 5.91 Å². The van der Waals surface area contributed by atoms with E-state index < -0.39 is 0 Å². The summed E-state index contributed by atoms with van der Waals surface area (Å²) >= 11 is 1.46. The summed E-state index contributed by atoms with van der Waals surface area (Å²) in [6, 6.07) is 15.9. The van der Waals surface area contributed by atoms with E-state index in [0.29, 0.717) is 31.3 Å². The molecule has 0 bridgehead atoms. The minimum Gasteiger partial charge on any atom is -0.490 e. The number of fused-ring (bicyclic) bond motifs is 1. The molecule has 6 nitrogen and oxygen atoms in total. The topological polar surface area (TPSA) is 65.4 Å². The molecule has 1 aliphatic rings. The van der Waals surface area contributed by atoms with E-state index in [9.17, 15) is 4.79 Å². The Morgan fingerprint density at radius 1 is 1.14 bits per heavy atom. The molecule has 7 heteroatoms. The second-order valence-corrected chi connectivity index (χ2v) is 7.91. The number of benzene rings is 2. The first-order valence-electron chi connectivity index (χ1n) is 9.57. The van der Waals surface area contributed by atoms with Crippen molar-refractivity contribution in [3.05, 3.63) is 65.9 Å². The molecule has 29 heavy (non-hydrogen) atoms. The monoisotopic (exact) mass is 409 g/mol. The molecule has 1 amide bonds. The molecule has 3 aromatic rings. The summed E-state index contributed by atoms with van der Waals surface area (Å²) in [6.07, 6.45) is 2.57. The average molecular weight is 410 g/mol. The highest BCUT2D eigenvalue weighted by Crippen LogP contribution is 2.33. The fourth-order valence-corrected chi connectivity index (χ4v) is 3.83. The third-order valence-electron chi connectivity index (χ3n) is 4.49. The number of ether oxygens (including phenoxy) is 2. The van der Waals surface area contributed by atoms with Crippen LogP contribution in [0.5, 0.6) is 11.5 Å². The standard InChI is InChI=1S/C22H23N3O3S/c1-16-4-2-5-17(12-16)14-25-21(8-9-23-25)24-22(26)15-29-18-6-7-19-20(13-18)28-11-3-10-27-19/h2,4-9,12-13H,3,10-11,14-15H2,1H3,(H,24,26). The van der Waals surface area contributed by atoms with Gasteiger partial charge in [0.05, 0.1) is 31.7 Å². The van der Waals surface area contributed by atoms with E-state index in [-0.39, 0.29) is 5.91 Å². The molecular weight excluding hydrogens is 386 g/mol. The van der Waals surface area contributed by atoms with Gasteiger partial charge in [0, 0.05) is 17.4 Å². The maximum absolute atomic E-state index is 12.5. The molecule has 1 aromatic heterocycles. The Morgan fingerprint density at radius 3 is 2.86 bits per heavy atom. The Hall–Kier alpha value is -2.93. The van der Waals surface area contributed by atoms with Crippen molar-refractivity contribution in [2.45, 2.75) is 24.8 Å². The molecule has 0 saturated heterocycles. The Kier molecular flexibility index (Phi) is 6.05. The van der Waals surface area contributed by atoms with Crippen molar-refractivity contribution in [3.8, 4) is 11.5 Å². The third-order valence-corrected chi connectivity index (χ3v) is 5.48. The molecule has 0 unspecified atom stereocenters. The van der Waals surface area contributed by atoms with Gasteiger partial charge >= 0.3 is 0 Å². The zero-order valence-corrected chi connectivity index (χ0v) is 17.1. The van der Waals surface area contributed by atoms with Crippen LogP contribution in [0.25, 0.3) is 0 Å². The molecule has 0 aliphatic carbocycles. The van der Waals surface area contributed by atoms with Crippen molar-refractivity contribution in [3.63, 3.8) is 0 Å². The first kappa shape index (κ1) is 19.4. The lowest BCUT2D eigenvalue weighted by molar-refractivity contribution is -0.113. The molecule has 2 aromatic carbocycles. The number of amides is 1. The van der Waals surface area contributed by atoms with Crippen molar-refractivity contribution in [2.75, 3.05) is 24.3 Å². The number of nitrogens with zero attached hydrogens (tertiary/aromatic N) is 2. The maximum Gasteiger partial charge on any atom is 0.235 e. The number of hydrogen-bond donors (Lipinski definition) is 1. The molecule has 0 atom stereocenters. The van der Waals surface area contributed by atoms with Gasteiger partial charge in [-0.1, -0.05) is 29.8 Å². The molecule has 0 fully saturated rings. The number of aryl methyl sites for hydroxylation is 1. The van der Waals surface area contributed by atoms with Gasteiger partial charge in [-0.3, -0.25) is 4.79 Å². The molecule has 2 heterocycles. The Morgan fingerprint density at radius 2 is 2.00 bits per heavy atom. The number of anilines is 1. The number of aromatic nitrogens is 2. The lowest BCUT2D eigenvalue weighted by Crippen LogP contribution is -2.17. The fraction of sp³-hybridized carbons (Fsp3) is 0.273.